The van der Waals surface area contributed by atoms with Gasteiger partial charge >= 0.3 is 0 Å². The summed E-state index contributed by atoms with van der Waals surface area (Å²) in [7, 11) is -1.29. The molecule has 0 aliphatic carbocycles. The molecule has 0 fully saturated rings. The van der Waals surface area contributed by atoms with E-state index in [1.165, 1.54) is 11.1 Å². The van der Waals surface area contributed by atoms with Crippen molar-refractivity contribution in [2.75, 3.05) is 0 Å². The minimum atomic E-state index is -1.29. The smallest absolute Gasteiger partial charge is 0.127 e. The van der Waals surface area contributed by atoms with Crippen molar-refractivity contribution in [3.05, 3.63) is 71.3 Å². The van der Waals surface area contributed by atoms with Gasteiger partial charge in [-0.05, 0) is 23.3 Å². The Kier molecular flexibility index (Phi) is 4.60. The van der Waals surface area contributed by atoms with Crippen molar-refractivity contribution in [2.24, 2.45) is 0 Å². The lowest BCUT2D eigenvalue weighted by Crippen LogP contribution is -2.16. The van der Waals surface area contributed by atoms with Crippen LogP contribution in [0.1, 0.15) is 16.7 Å². The van der Waals surface area contributed by atoms with E-state index in [1.54, 1.807) is 0 Å². The molecule has 2 aromatic carbocycles. The van der Waals surface area contributed by atoms with Crippen LogP contribution in [0, 0.1) is 11.5 Å². The normalized spacial score (nSPS) is 11.2. The highest BCUT2D eigenvalue weighted by Crippen LogP contribution is 2.09. The molecule has 0 unspecified atom stereocenters. The maximum atomic E-state index is 3.39. The molecule has 0 atom stereocenters. The van der Waals surface area contributed by atoms with E-state index in [4.69, 9.17) is 0 Å². The minimum Gasteiger partial charge on any atom is -0.127 e. The second-order valence-electron chi connectivity index (χ2n) is 5.87. The first-order valence-electron chi connectivity index (χ1n) is 6.89. The third kappa shape index (κ3) is 4.91. The Morgan fingerprint density at radius 1 is 0.750 bits per heavy atom. The van der Waals surface area contributed by atoms with Gasteiger partial charge in [-0.1, -0.05) is 80.2 Å². The molecular weight excluding hydrogens is 256 g/mol. The van der Waals surface area contributed by atoms with Gasteiger partial charge < -0.3 is 0 Å². The van der Waals surface area contributed by atoms with Gasteiger partial charge in [-0.25, -0.2) is 0 Å². The quantitative estimate of drug-likeness (QED) is 0.407. The monoisotopic (exact) mass is 276 g/mol. The molecule has 2 aromatic rings. The van der Waals surface area contributed by atoms with Crippen molar-refractivity contribution in [3.63, 3.8) is 0 Å². The van der Waals surface area contributed by atoms with Gasteiger partial charge in [0.25, 0.3) is 0 Å². The summed E-state index contributed by atoms with van der Waals surface area (Å²) in [6.45, 7) is 6.78. The fourth-order valence-electron chi connectivity index (χ4n) is 1.69. The summed E-state index contributed by atoms with van der Waals surface area (Å²) in [6.07, 6.45) is 4.26. The summed E-state index contributed by atoms with van der Waals surface area (Å²) in [4.78, 5) is 0. The molecule has 2 rings (SSSR count). The lowest BCUT2D eigenvalue weighted by atomic mass is 10.1. The molecule has 0 amide bonds. The molecule has 20 heavy (non-hydrogen) atoms. The number of benzene rings is 2. The molecular formula is C19H20Si. The Bertz CT molecular complexity index is 632. The third-order valence-corrected chi connectivity index (χ3v) is 3.64. The fraction of sp³-hybridized carbons (Fsp3) is 0.158. The second kappa shape index (κ2) is 6.41. The van der Waals surface area contributed by atoms with Crippen molar-refractivity contribution in [1.82, 2.24) is 0 Å². The van der Waals surface area contributed by atoms with Crippen LogP contribution in [0.2, 0.25) is 19.6 Å². The summed E-state index contributed by atoms with van der Waals surface area (Å²) in [5.41, 5.74) is 6.91. The molecule has 0 bridgehead atoms. The van der Waals surface area contributed by atoms with Crippen LogP contribution in [-0.2, 0) is 0 Å². The van der Waals surface area contributed by atoms with Crippen LogP contribution in [0.3, 0.4) is 0 Å². The zero-order chi connectivity index (χ0) is 14.4. The molecule has 0 N–H and O–H groups in total. The van der Waals surface area contributed by atoms with Gasteiger partial charge in [0.05, 0.1) is 0 Å². The van der Waals surface area contributed by atoms with Crippen molar-refractivity contribution in [3.8, 4) is 11.5 Å². The van der Waals surface area contributed by atoms with Crippen LogP contribution in [0.25, 0.3) is 12.2 Å². The summed E-state index contributed by atoms with van der Waals surface area (Å²) < 4.78 is 0. The summed E-state index contributed by atoms with van der Waals surface area (Å²) in [5.74, 6) is 3.27. The Morgan fingerprint density at radius 3 is 1.85 bits per heavy atom. The average molecular weight is 276 g/mol. The standard InChI is InChI=1S/C19H20Si/c1-20(2,3)16-15-19-13-11-18(12-14-19)10-9-17-7-5-4-6-8-17/h4-14H,1-3H3. The second-order valence-corrected chi connectivity index (χ2v) is 10.6. The highest BCUT2D eigenvalue weighted by molar-refractivity contribution is 6.83. The van der Waals surface area contributed by atoms with E-state index in [0.717, 1.165) is 5.56 Å². The summed E-state index contributed by atoms with van der Waals surface area (Å²) in [5, 5.41) is 0. The van der Waals surface area contributed by atoms with Gasteiger partial charge in [0.15, 0.2) is 0 Å². The van der Waals surface area contributed by atoms with Crippen molar-refractivity contribution in [1.29, 1.82) is 0 Å². The van der Waals surface area contributed by atoms with E-state index in [2.05, 4.69) is 91.8 Å². The van der Waals surface area contributed by atoms with Crippen LogP contribution in [-0.4, -0.2) is 8.07 Å². The van der Waals surface area contributed by atoms with Crippen LogP contribution in [0.15, 0.2) is 54.6 Å². The van der Waals surface area contributed by atoms with Gasteiger partial charge in [0.2, 0.25) is 0 Å². The number of hydrogen-bond acceptors (Lipinski definition) is 0. The first-order valence-corrected chi connectivity index (χ1v) is 10.4. The molecule has 0 nitrogen and oxygen atoms in total. The molecule has 100 valence electrons. The molecule has 0 saturated heterocycles. The van der Waals surface area contributed by atoms with Crippen LogP contribution in [0.4, 0.5) is 0 Å². The maximum absolute atomic E-state index is 3.39. The van der Waals surface area contributed by atoms with Crippen LogP contribution in [0.5, 0.6) is 0 Å². The molecule has 0 radical (unpaired) electrons. The molecule has 1 heteroatoms. The van der Waals surface area contributed by atoms with Gasteiger partial charge in [-0.3, -0.25) is 0 Å². The fourth-order valence-corrected chi connectivity index (χ4v) is 2.21. The van der Waals surface area contributed by atoms with Crippen molar-refractivity contribution >= 4 is 20.2 Å². The van der Waals surface area contributed by atoms with Gasteiger partial charge in [-0.2, -0.15) is 0 Å². The Balaban J connectivity index is 2.09. The Labute approximate surface area is 123 Å². The molecule has 0 heterocycles. The Hall–Kier alpha value is -2.04. The van der Waals surface area contributed by atoms with E-state index in [9.17, 15) is 0 Å². The van der Waals surface area contributed by atoms with E-state index in [0.29, 0.717) is 0 Å². The Morgan fingerprint density at radius 2 is 1.30 bits per heavy atom. The first kappa shape index (κ1) is 14.4. The lowest BCUT2D eigenvalue weighted by Gasteiger charge is -2.03. The third-order valence-electron chi connectivity index (χ3n) is 2.76. The molecule has 0 aliphatic heterocycles. The van der Waals surface area contributed by atoms with Crippen LogP contribution >= 0.6 is 0 Å². The number of rotatable bonds is 2. The molecule has 0 aromatic heterocycles. The zero-order valence-electron chi connectivity index (χ0n) is 12.4. The number of hydrogen-bond donors (Lipinski definition) is 0. The maximum Gasteiger partial charge on any atom is 0.129 e. The summed E-state index contributed by atoms with van der Waals surface area (Å²) in [6, 6.07) is 18.8. The molecule has 0 spiro atoms. The van der Waals surface area contributed by atoms with Gasteiger partial charge in [0.1, 0.15) is 8.07 Å². The first-order chi connectivity index (χ1) is 9.53. The predicted molar refractivity (Wildman–Crippen MR) is 92.0 cm³/mol. The largest absolute Gasteiger partial charge is 0.129 e. The van der Waals surface area contributed by atoms with E-state index in [-0.39, 0.29) is 0 Å². The zero-order valence-corrected chi connectivity index (χ0v) is 13.4. The summed E-state index contributed by atoms with van der Waals surface area (Å²) >= 11 is 0. The topological polar surface area (TPSA) is 0 Å². The molecule has 0 saturated carbocycles. The average Bonchev–Trinajstić information content (AvgIpc) is 2.44. The lowest BCUT2D eigenvalue weighted by molar-refractivity contribution is 1.61. The van der Waals surface area contributed by atoms with Gasteiger partial charge in [0, 0.05) is 5.56 Å². The van der Waals surface area contributed by atoms with Crippen LogP contribution < -0.4 is 0 Å². The van der Waals surface area contributed by atoms with E-state index >= 15 is 0 Å². The minimum absolute atomic E-state index is 1.10. The van der Waals surface area contributed by atoms with E-state index < -0.39 is 8.07 Å². The van der Waals surface area contributed by atoms with Gasteiger partial charge in [-0.15, -0.1) is 5.54 Å². The van der Waals surface area contributed by atoms with E-state index in [1.807, 2.05) is 6.07 Å². The highest BCUT2D eigenvalue weighted by atomic mass is 28.3. The SMILES string of the molecule is C[Si](C)(C)C#Cc1ccc(C=Cc2ccccc2)cc1. The molecule has 0 aliphatic rings. The van der Waals surface area contributed by atoms with Crippen molar-refractivity contribution < 1.29 is 0 Å². The highest BCUT2D eigenvalue weighted by Gasteiger charge is 2.07. The van der Waals surface area contributed by atoms with Crippen molar-refractivity contribution in [2.45, 2.75) is 19.6 Å². The predicted octanol–water partition coefficient (Wildman–Crippen LogP) is 5.09.